The highest BCUT2D eigenvalue weighted by molar-refractivity contribution is 7.08. The first-order valence-electron chi connectivity index (χ1n) is 3.93. The van der Waals surface area contributed by atoms with Gasteiger partial charge in [-0.2, -0.15) is 16.6 Å². The van der Waals surface area contributed by atoms with Gasteiger partial charge in [-0.25, -0.2) is 0 Å². The molecule has 1 aromatic heterocycles. The van der Waals surface area contributed by atoms with Gasteiger partial charge in [0.05, 0.1) is 5.56 Å². The molecular weight excluding hydrogens is 178 g/mol. The van der Waals surface area contributed by atoms with E-state index < -0.39 is 0 Å². The zero-order chi connectivity index (χ0) is 9.10. The first kappa shape index (κ1) is 8.03. The molecule has 2 aromatic rings. The molecule has 13 heavy (non-hydrogen) atoms. The Morgan fingerprint density at radius 2 is 1.85 bits per heavy atom. The van der Waals surface area contributed by atoms with Gasteiger partial charge >= 0.3 is 0 Å². The molecule has 1 nitrogen and oxygen atoms in total. The molecule has 0 radical (unpaired) electrons. The molecule has 2 rings (SSSR count). The van der Waals surface area contributed by atoms with Gasteiger partial charge in [0, 0.05) is 10.9 Å². The number of hydrogen-bond donors (Lipinski definition) is 0. The van der Waals surface area contributed by atoms with Crippen LogP contribution < -0.4 is 0 Å². The predicted molar refractivity (Wildman–Crippen MR) is 54.5 cm³/mol. The van der Waals surface area contributed by atoms with E-state index in [0.29, 0.717) is 0 Å². The standard InChI is InChI=1S/C11H7NS/c12-6-10-7-13-8-11(10)9-4-2-1-3-5-9/h1-5,7-8H. The second-order valence-corrected chi connectivity index (χ2v) is 3.42. The zero-order valence-corrected chi connectivity index (χ0v) is 7.71. The zero-order valence-electron chi connectivity index (χ0n) is 6.90. The van der Waals surface area contributed by atoms with E-state index in [1.807, 2.05) is 41.1 Å². The van der Waals surface area contributed by atoms with Gasteiger partial charge in [0.25, 0.3) is 0 Å². The number of hydrogen-bond acceptors (Lipinski definition) is 2. The molecule has 62 valence electrons. The monoisotopic (exact) mass is 185 g/mol. The van der Waals surface area contributed by atoms with E-state index in [1.165, 1.54) is 0 Å². The van der Waals surface area contributed by atoms with Gasteiger partial charge in [0.15, 0.2) is 0 Å². The van der Waals surface area contributed by atoms with Crippen LogP contribution in [0.4, 0.5) is 0 Å². The Kier molecular flexibility index (Phi) is 2.11. The van der Waals surface area contributed by atoms with Gasteiger partial charge in [0.1, 0.15) is 6.07 Å². The van der Waals surface area contributed by atoms with Crippen LogP contribution in [0, 0.1) is 11.3 Å². The maximum Gasteiger partial charge on any atom is 0.101 e. The summed E-state index contributed by atoms with van der Waals surface area (Å²) in [6.07, 6.45) is 0. The molecule has 0 saturated heterocycles. The van der Waals surface area contributed by atoms with Crippen LogP contribution in [-0.4, -0.2) is 0 Å². The molecule has 0 aliphatic carbocycles. The summed E-state index contributed by atoms with van der Waals surface area (Å²) in [5.74, 6) is 0. The topological polar surface area (TPSA) is 23.8 Å². The minimum absolute atomic E-state index is 0.760. The molecule has 0 aliphatic rings. The van der Waals surface area contributed by atoms with E-state index in [9.17, 15) is 0 Å². The normalized spacial score (nSPS) is 9.46. The second kappa shape index (κ2) is 3.42. The minimum Gasteiger partial charge on any atom is -0.192 e. The molecule has 0 fully saturated rings. The Labute approximate surface area is 80.9 Å². The lowest BCUT2D eigenvalue weighted by Crippen LogP contribution is -1.76. The fraction of sp³-hybridized carbons (Fsp3) is 0. The van der Waals surface area contributed by atoms with Crippen molar-refractivity contribution in [3.05, 3.63) is 46.7 Å². The van der Waals surface area contributed by atoms with Crippen molar-refractivity contribution in [1.29, 1.82) is 5.26 Å². The molecular formula is C11H7NS. The highest BCUT2D eigenvalue weighted by Crippen LogP contribution is 2.26. The molecule has 0 spiro atoms. The van der Waals surface area contributed by atoms with E-state index in [4.69, 9.17) is 5.26 Å². The second-order valence-electron chi connectivity index (χ2n) is 2.68. The van der Waals surface area contributed by atoms with Crippen LogP contribution in [-0.2, 0) is 0 Å². The minimum atomic E-state index is 0.760. The molecule has 0 bridgehead atoms. The highest BCUT2D eigenvalue weighted by atomic mass is 32.1. The first-order valence-corrected chi connectivity index (χ1v) is 4.88. The maximum absolute atomic E-state index is 8.83. The summed E-state index contributed by atoms with van der Waals surface area (Å²) in [4.78, 5) is 0. The van der Waals surface area contributed by atoms with Crippen molar-refractivity contribution in [1.82, 2.24) is 0 Å². The average Bonchev–Trinajstić information content (AvgIpc) is 2.67. The van der Waals surface area contributed by atoms with Crippen LogP contribution in [0.2, 0.25) is 0 Å². The summed E-state index contributed by atoms with van der Waals surface area (Å²) in [6.45, 7) is 0. The largest absolute Gasteiger partial charge is 0.192 e. The van der Waals surface area contributed by atoms with Crippen molar-refractivity contribution in [2.75, 3.05) is 0 Å². The lowest BCUT2D eigenvalue weighted by molar-refractivity contribution is 1.50. The predicted octanol–water partition coefficient (Wildman–Crippen LogP) is 3.29. The quantitative estimate of drug-likeness (QED) is 0.668. The van der Waals surface area contributed by atoms with Crippen molar-refractivity contribution in [3.8, 4) is 17.2 Å². The smallest absolute Gasteiger partial charge is 0.101 e. The molecule has 0 atom stereocenters. The van der Waals surface area contributed by atoms with E-state index in [2.05, 4.69) is 6.07 Å². The summed E-state index contributed by atoms with van der Waals surface area (Å²) >= 11 is 1.56. The third-order valence-electron chi connectivity index (χ3n) is 1.87. The highest BCUT2D eigenvalue weighted by Gasteiger charge is 2.03. The maximum atomic E-state index is 8.83. The Hall–Kier alpha value is -1.59. The van der Waals surface area contributed by atoms with E-state index >= 15 is 0 Å². The van der Waals surface area contributed by atoms with Crippen LogP contribution in [0.1, 0.15) is 5.56 Å². The molecule has 0 saturated carbocycles. The number of nitrogens with zero attached hydrogens (tertiary/aromatic N) is 1. The van der Waals surface area contributed by atoms with Crippen LogP contribution in [0.25, 0.3) is 11.1 Å². The Morgan fingerprint density at radius 3 is 2.54 bits per heavy atom. The third kappa shape index (κ3) is 1.47. The first-order chi connectivity index (χ1) is 6.42. The molecule has 0 amide bonds. The number of thiophene rings is 1. The van der Waals surface area contributed by atoms with Gasteiger partial charge < -0.3 is 0 Å². The SMILES string of the molecule is N#Cc1cscc1-c1ccccc1. The van der Waals surface area contributed by atoms with Gasteiger partial charge in [0.2, 0.25) is 0 Å². The summed E-state index contributed by atoms with van der Waals surface area (Å²) in [7, 11) is 0. The van der Waals surface area contributed by atoms with Gasteiger partial charge in [-0.05, 0) is 10.9 Å². The van der Waals surface area contributed by atoms with Crippen molar-refractivity contribution in [2.45, 2.75) is 0 Å². The molecule has 0 aliphatic heterocycles. The van der Waals surface area contributed by atoms with E-state index in [1.54, 1.807) is 11.3 Å². The Bertz CT molecular complexity index is 437. The lowest BCUT2D eigenvalue weighted by atomic mass is 10.1. The lowest BCUT2D eigenvalue weighted by Gasteiger charge is -1.96. The summed E-state index contributed by atoms with van der Waals surface area (Å²) in [5.41, 5.74) is 2.91. The van der Waals surface area contributed by atoms with Crippen molar-refractivity contribution >= 4 is 11.3 Å². The molecule has 1 aromatic carbocycles. The van der Waals surface area contributed by atoms with Crippen LogP contribution in [0.3, 0.4) is 0 Å². The fourth-order valence-corrected chi connectivity index (χ4v) is 2.01. The summed E-state index contributed by atoms with van der Waals surface area (Å²) < 4.78 is 0. The number of nitriles is 1. The third-order valence-corrected chi connectivity index (χ3v) is 2.61. The van der Waals surface area contributed by atoms with Crippen molar-refractivity contribution in [3.63, 3.8) is 0 Å². The number of rotatable bonds is 1. The van der Waals surface area contributed by atoms with Gasteiger partial charge in [-0.3, -0.25) is 0 Å². The number of benzene rings is 1. The molecule has 0 N–H and O–H groups in total. The summed E-state index contributed by atoms with van der Waals surface area (Å²) in [5, 5.41) is 12.7. The average molecular weight is 185 g/mol. The van der Waals surface area contributed by atoms with Gasteiger partial charge in [-0.15, -0.1) is 0 Å². The van der Waals surface area contributed by atoms with Crippen LogP contribution in [0.5, 0.6) is 0 Å². The molecule has 0 unspecified atom stereocenters. The van der Waals surface area contributed by atoms with E-state index in [0.717, 1.165) is 16.7 Å². The Balaban J connectivity index is 2.54. The van der Waals surface area contributed by atoms with Gasteiger partial charge in [-0.1, -0.05) is 30.3 Å². The van der Waals surface area contributed by atoms with Crippen molar-refractivity contribution < 1.29 is 0 Å². The van der Waals surface area contributed by atoms with E-state index in [-0.39, 0.29) is 0 Å². The fourth-order valence-electron chi connectivity index (χ4n) is 1.22. The van der Waals surface area contributed by atoms with Crippen molar-refractivity contribution in [2.24, 2.45) is 0 Å². The molecule has 1 heterocycles. The Morgan fingerprint density at radius 1 is 1.08 bits per heavy atom. The van der Waals surface area contributed by atoms with Crippen LogP contribution >= 0.6 is 11.3 Å². The molecule has 2 heteroatoms. The van der Waals surface area contributed by atoms with Crippen LogP contribution in [0.15, 0.2) is 41.1 Å². The summed E-state index contributed by atoms with van der Waals surface area (Å²) in [6, 6.07) is 12.2.